The highest BCUT2D eigenvalue weighted by Crippen LogP contribution is 2.12. The molecule has 0 heterocycles. The van der Waals surface area contributed by atoms with Gasteiger partial charge in [0.15, 0.2) is 0 Å². The van der Waals surface area contributed by atoms with Crippen molar-refractivity contribution in [2.45, 2.75) is 4.90 Å². The zero-order valence-electron chi connectivity index (χ0n) is 9.28. The highest BCUT2D eigenvalue weighted by Gasteiger charge is 2.24. The normalized spacial score (nSPS) is 12.9. The smallest absolute Gasteiger partial charge is 0.292 e. The van der Waals surface area contributed by atoms with Crippen LogP contribution in [0.1, 0.15) is 0 Å². The SMILES string of the molecule is CN(C)S(=O)(=O)NS(=O)(=O)c1ccc(N)cc1. The average molecular weight is 279 g/mol. The van der Waals surface area contributed by atoms with E-state index in [4.69, 9.17) is 5.73 Å². The molecule has 1 aromatic rings. The minimum absolute atomic E-state index is 0.169. The lowest BCUT2D eigenvalue weighted by Gasteiger charge is -2.12. The fourth-order valence-corrected chi connectivity index (χ4v) is 3.49. The van der Waals surface area contributed by atoms with Crippen LogP contribution >= 0.6 is 0 Å². The second-order valence-electron chi connectivity index (χ2n) is 3.44. The lowest BCUT2D eigenvalue weighted by molar-refractivity contribution is 0.514. The summed E-state index contributed by atoms with van der Waals surface area (Å²) in [5, 5.41) is 0. The zero-order valence-corrected chi connectivity index (χ0v) is 10.9. The molecule has 0 bridgehead atoms. The van der Waals surface area contributed by atoms with Crippen molar-refractivity contribution >= 4 is 25.9 Å². The minimum atomic E-state index is -4.11. The molecule has 0 aliphatic carbocycles. The third-order valence-electron chi connectivity index (χ3n) is 1.89. The van der Waals surface area contributed by atoms with Crippen molar-refractivity contribution in [3.8, 4) is 0 Å². The maximum Gasteiger partial charge on any atom is 0.292 e. The van der Waals surface area contributed by atoms with Gasteiger partial charge in [0.2, 0.25) is 0 Å². The predicted molar refractivity (Wildman–Crippen MR) is 63.8 cm³/mol. The Balaban J connectivity index is 3.10. The van der Waals surface area contributed by atoms with E-state index in [1.807, 2.05) is 0 Å². The molecule has 9 heteroatoms. The third kappa shape index (κ3) is 3.40. The van der Waals surface area contributed by atoms with Crippen molar-refractivity contribution < 1.29 is 16.8 Å². The predicted octanol–water partition coefficient (Wildman–Crippen LogP) is -0.646. The van der Waals surface area contributed by atoms with Crippen molar-refractivity contribution in [3.63, 3.8) is 0 Å². The first-order valence-corrected chi connectivity index (χ1v) is 7.39. The van der Waals surface area contributed by atoms with Gasteiger partial charge >= 0.3 is 0 Å². The average Bonchev–Trinajstić information content (AvgIpc) is 2.16. The fraction of sp³-hybridized carbons (Fsp3) is 0.250. The van der Waals surface area contributed by atoms with Gasteiger partial charge in [0.05, 0.1) is 4.90 Å². The van der Waals surface area contributed by atoms with E-state index in [1.165, 1.54) is 38.4 Å². The molecular weight excluding hydrogens is 266 g/mol. The molecule has 0 atom stereocenters. The van der Waals surface area contributed by atoms with Crippen molar-refractivity contribution in [3.05, 3.63) is 24.3 Å². The maximum absolute atomic E-state index is 11.7. The summed E-state index contributed by atoms with van der Waals surface area (Å²) < 4.78 is 48.6. The van der Waals surface area contributed by atoms with Crippen LogP contribution < -0.4 is 9.86 Å². The molecular formula is C8H13N3O4S2. The summed E-state index contributed by atoms with van der Waals surface area (Å²) in [7, 11) is -5.72. The van der Waals surface area contributed by atoms with Crippen LogP contribution in [0.25, 0.3) is 0 Å². The quantitative estimate of drug-likeness (QED) is 0.712. The van der Waals surface area contributed by atoms with E-state index in [-0.39, 0.29) is 4.90 Å². The number of nitrogen functional groups attached to an aromatic ring is 1. The monoisotopic (exact) mass is 279 g/mol. The van der Waals surface area contributed by atoms with Gasteiger partial charge in [0.25, 0.3) is 20.2 Å². The molecule has 0 aliphatic rings. The molecule has 1 aromatic carbocycles. The second-order valence-corrected chi connectivity index (χ2v) is 7.27. The molecule has 96 valence electrons. The molecule has 1 rings (SSSR count). The van der Waals surface area contributed by atoms with Crippen molar-refractivity contribution in [1.82, 2.24) is 8.43 Å². The largest absolute Gasteiger partial charge is 0.399 e. The molecule has 0 radical (unpaired) electrons. The van der Waals surface area contributed by atoms with Crippen LogP contribution in [0.15, 0.2) is 29.2 Å². The number of sulfonamides is 1. The van der Waals surface area contributed by atoms with E-state index in [1.54, 1.807) is 4.13 Å². The molecule has 0 aromatic heterocycles. The standard InChI is InChI=1S/C8H13N3O4S2/c1-11(2)17(14,15)10-16(12,13)8-5-3-7(9)4-6-8/h3-6,10H,9H2,1-2H3. The van der Waals surface area contributed by atoms with E-state index < -0.39 is 20.2 Å². The first-order valence-electron chi connectivity index (χ1n) is 4.47. The summed E-state index contributed by atoms with van der Waals surface area (Å²) in [5.74, 6) is 0. The molecule has 0 unspecified atom stereocenters. The van der Waals surface area contributed by atoms with E-state index in [2.05, 4.69) is 0 Å². The Kier molecular flexibility index (Phi) is 3.77. The summed E-state index contributed by atoms with van der Waals surface area (Å²) in [5.41, 5.74) is 5.79. The second kappa shape index (κ2) is 4.61. The fourth-order valence-electron chi connectivity index (χ4n) is 0.908. The van der Waals surface area contributed by atoms with Crippen LogP contribution in [0.5, 0.6) is 0 Å². The maximum atomic E-state index is 11.7. The Morgan fingerprint density at radius 1 is 1.06 bits per heavy atom. The third-order valence-corrected chi connectivity index (χ3v) is 5.46. The Labute approximate surface area is 100 Å². The number of rotatable bonds is 4. The number of nitrogens with two attached hydrogens (primary N) is 1. The van der Waals surface area contributed by atoms with E-state index >= 15 is 0 Å². The zero-order chi connectivity index (χ0) is 13.3. The van der Waals surface area contributed by atoms with Crippen LogP contribution in [0.4, 0.5) is 5.69 Å². The van der Waals surface area contributed by atoms with Crippen LogP contribution in [0.3, 0.4) is 0 Å². The molecule has 7 nitrogen and oxygen atoms in total. The molecule has 3 N–H and O–H groups in total. The molecule has 0 spiro atoms. The lowest BCUT2D eigenvalue weighted by Crippen LogP contribution is -2.39. The van der Waals surface area contributed by atoms with Gasteiger partial charge in [-0.1, -0.05) is 4.13 Å². The topological polar surface area (TPSA) is 110 Å². The Hall–Kier alpha value is -1.16. The first kappa shape index (κ1) is 13.9. The van der Waals surface area contributed by atoms with Gasteiger partial charge < -0.3 is 5.73 Å². The summed E-state index contributed by atoms with van der Waals surface area (Å²) in [6.45, 7) is 0. The van der Waals surface area contributed by atoms with Gasteiger partial charge in [-0.25, -0.2) is 8.42 Å². The number of nitrogens with zero attached hydrogens (tertiary/aromatic N) is 1. The highest BCUT2D eigenvalue weighted by molar-refractivity contribution is 8.03. The molecule has 0 aliphatic heterocycles. The van der Waals surface area contributed by atoms with Gasteiger partial charge in [-0.3, -0.25) is 0 Å². The highest BCUT2D eigenvalue weighted by atomic mass is 32.3. The van der Waals surface area contributed by atoms with Crippen molar-refractivity contribution in [2.24, 2.45) is 0 Å². The van der Waals surface area contributed by atoms with Crippen molar-refractivity contribution in [1.29, 1.82) is 0 Å². The van der Waals surface area contributed by atoms with Gasteiger partial charge in [0, 0.05) is 19.8 Å². The Bertz CT molecular complexity index is 590. The molecule has 0 saturated carbocycles. The van der Waals surface area contributed by atoms with Crippen LogP contribution in [0.2, 0.25) is 0 Å². The summed E-state index contributed by atoms with van der Waals surface area (Å²) >= 11 is 0. The lowest BCUT2D eigenvalue weighted by atomic mass is 10.3. The first-order chi connectivity index (χ1) is 7.65. The van der Waals surface area contributed by atoms with Gasteiger partial charge in [-0.2, -0.15) is 12.7 Å². The van der Waals surface area contributed by atoms with Gasteiger partial charge in [-0.05, 0) is 24.3 Å². The summed E-state index contributed by atoms with van der Waals surface area (Å²) in [6.07, 6.45) is 0. The van der Waals surface area contributed by atoms with Crippen molar-refractivity contribution in [2.75, 3.05) is 19.8 Å². The Morgan fingerprint density at radius 2 is 1.53 bits per heavy atom. The van der Waals surface area contributed by atoms with E-state index in [0.717, 1.165) is 4.31 Å². The minimum Gasteiger partial charge on any atom is -0.399 e. The van der Waals surface area contributed by atoms with Crippen LogP contribution in [-0.4, -0.2) is 35.2 Å². The van der Waals surface area contributed by atoms with Gasteiger partial charge in [0.1, 0.15) is 0 Å². The molecule has 17 heavy (non-hydrogen) atoms. The molecule has 0 amide bonds. The number of benzene rings is 1. The number of anilines is 1. The number of hydrogen-bond donors (Lipinski definition) is 2. The Morgan fingerprint density at radius 3 is 1.94 bits per heavy atom. The summed E-state index contributed by atoms with van der Waals surface area (Å²) in [4.78, 5) is -0.169. The van der Waals surface area contributed by atoms with E-state index in [0.29, 0.717) is 5.69 Å². The molecule has 0 fully saturated rings. The van der Waals surface area contributed by atoms with Gasteiger partial charge in [-0.15, -0.1) is 0 Å². The van der Waals surface area contributed by atoms with E-state index in [9.17, 15) is 16.8 Å². The molecule has 0 saturated heterocycles. The van der Waals surface area contributed by atoms with Crippen LogP contribution in [-0.2, 0) is 20.2 Å². The summed E-state index contributed by atoms with van der Waals surface area (Å²) in [6, 6.07) is 5.19. The number of hydrogen-bond acceptors (Lipinski definition) is 5. The van der Waals surface area contributed by atoms with Crippen LogP contribution in [0, 0.1) is 0 Å². The number of nitrogens with one attached hydrogen (secondary N) is 1.